The molecule has 30 heavy (non-hydrogen) atoms. The number of nitrogens with zero attached hydrogens (tertiary/aromatic N) is 1. The Bertz CT molecular complexity index is 1220. The summed E-state index contributed by atoms with van der Waals surface area (Å²) in [6.45, 7) is -0.0403. The SMILES string of the molecule is O=C(COc1ccccc1-c1nc2ccccc2s1)Nc1cc2c(cc1Cl)OCO2. The van der Waals surface area contributed by atoms with Crippen molar-refractivity contribution in [2.24, 2.45) is 0 Å². The molecule has 1 aliphatic heterocycles. The van der Waals surface area contributed by atoms with E-state index >= 15 is 0 Å². The minimum atomic E-state index is -0.338. The van der Waals surface area contributed by atoms with Crippen molar-refractivity contribution in [2.75, 3.05) is 18.7 Å². The first-order valence-corrected chi connectivity index (χ1v) is 10.3. The van der Waals surface area contributed by atoms with Crippen molar-refractivity contribution in [3.05, 3.63) is 65.7 Å². The van der Waals surface area contributed by atoms with E-state index in [2.05, 4.69) is 10.3 Å². The van der Waals surface area contributed by atoms with Crippen molar-refractivity contribution in [1.29, 1.82) is 0 Å². The summed E-state index contributed by atoms with van der Waals surface area (Å²) in [6, 6.07) is 18.7. The second-order valence-electron chi connectivity index (χ2n) is 6.51. The van der Waals surface area contributed by atoms with E-state index in [-0.39, 0.29) is 19.3 Å². The summed E-state index contributed by atoms with van der Waals surface area (Å²) in [7, 11) is 0. The predicted octanol–water partition coefficient (Wildman–Crippen LogP) is 5.36. The lowest BCUT2D eigenvalue weighted by atomic mass is 10.2. The highest BCUT2D eigenvalue weighted by atomic mass is 35.5. The maximum Gasteiger partial charge on any atom is 0.262 e. The number of halogens is 1. The van der Waals surface area contributed by atoms with E-state index in [9.17, 15) is 4.79 Å². The number of para-hydroxylation sites is 2. The van der Waals surface area contributed by atoms with E-state index in [4.69, 9.17) is 25.8 Å². The quantitative estimate of drug-likeness (QED) is 0.454. The van der Waals surface area contributed by atoms with Gasteiger partial charge in [-0.05, 0) is 24.3 Å². The highest BCUT2D eigenvalue weighted by Gasteiger charge is 2.18. The maximum atomic E-state index is 12.4. The molecular weight excluding hydrogens is 424 g/mol. The zero-order valence-electron chi connectivity index (χ0n) is 15.6. The Labute approximate surface area is 181 Å². The standard InChI is InChI=1S/C22H15ClN2O4S/c23-14-9-18-19(29-12-28-18)10-16(14)24-21(26)11-27-17-7-3-1-5-13(17)22-25-15-6-2-4-8-20(15)30-22/h1-10H,11-12H2,(H,24,26). The molecule has 8 heteroatoms. The Morgan fingerprint density at radius 3 is 2.73 bits per heavy atom. The number of aromatic nitrogens is 1. The average Bonchev–Trinajstić information content (AvgIpc) is 3.39. The molecule has 1 aromatic heterocycles. The number of carbonyl (C=O) groups excluding carboxylic acids is 1. The number of fused-ring (bicyclic) bond motifs is 2. The largest absolute Gasteiger partial charge is 0.483 e. The van der Waals surface area contributed by atoms with Gasteiger partial charge in [0.2, 0.25) is 6.79 Å². The van der Waals surface area contributed by atoms with Crippen molar-refractivity contribution in [3.63, 3.8) is 0 Å². The van der Waals surface area contributed by atoms with E-state index in [0.29, 0.717) is 28.0 Å². The molecule has 0 aliphatic carbocycles. The summed E-state index contributed by atoms with van der Waals surface area (Å²) in [5, 5.41) is 3.95. The first kappa shape index (κ1) is 18.7. The molecule has 0 unspecified atom stereocenters. The number of nitrogens with one attached hydrogen (secondary N) is 1. The van der Waals surface area contributed by atoms with Crippen LogP contribution in [0.1, 0.15) is 0 Å². The van der Waals surface area contributed by atoms with Crippen LogP contribution in [-0.2, 0) is 4.79 Å². The summed E-state index contributed by atoms with van der Waals surface area (Å²) in [6.07, 6.45) is 0. The summed E-state index contributed by atoms with van der Waals surface area (Å²) in [4.78, 5) is 17.1. The van der Waals surface area contributed by atoms with E-state index in [1.165, 1.54) is 0 Å². The summed E-state index contributed by atoms with van der Waals surface area (Å²) >= 11 is 7.79. The fraction of sp³-hybridized carbons (Fsp3) is 0.0909. The molecular formula is C22H15ClN2O4S. The topological polar surface area (TPSA) is 69.7 Å². The molecule has 3 aromatic carbocycles. The van der Waals surface area contributed by atoms with Gasteiger partial charge in [0.1, 0.15) is 10.8 Å². The van der Waals surface area contributed by atoms with Crippen LogP contribution in [0.25, 0.3) is 20.8 Å². The fourth-order valence-electron chi connectivity index (χ4n) is 3.10. The van der Waals surface area contributed by atoms with Gasteiger partial charge in [-0.1, -0.05) is 35.9 Å². The number of hydrogen-bond donors (Lipinski definition) is 1. The second kappa shape index (κ2) is 7.85. The molecule has 2 heterocycles. The number of rotatable bonds is 5. The van der Waals surface area contributed by atoms with Crippen molar-refractivity contribution in [1.82, 2.24) is 4.98 Å². The summed E-state index contributed by atoms with van der Waals surface area (Å²) < 4.78 is 17.5. The van der Waals surface area contributed by atoms with Crippen LogP contribution < -0.4 is 19.5 Å². The Balaban J connectivity index is 1.32. The van der Waals surface area contributed by atoms with Gasteiger partial charge in [0.05, 0.1) is 26.5 Å². The molecule has 0 atom stereocenters. The Hall–Kier alpha value is -3.29. The van der Waals surface area contributed by atoms with Gasteiger partial charge in [-0.15, -0.1) is 11.3 Å². The number of hydrogen-bond acceptors (Lipinski definition) is 6. The average molecular weight is 439 g/mol. The van der Waals surface area contributed by atoms with E-state index in [1.54, 1.807) is 23.5 Å². The smallest absolute Gasteiger partial charge is 0.262 e. The fourth-order valence-corrected chi connectivity index (χ4v) is 4.30. The zero-order chi connectivity index (χ0) is 20.5. The molecule has 150 valence electrons. The minimum absolute atomic E-state index is 0.134. The molecule has 1 amide bonds. The van der Waals surface area contributed by atoms with Crippen LogP contribution in [0.2, 0.25) is 5.02 Å². The maximum absolute atomic E-state index is 12.4. The summed E-state index contributed by atoms with van der Waals surface area (Å²) in [5.41, 5.74) is 2.21. The normalized spacial score (nSPS) is 12.2. The molecule has 1 N–H and O–H groups in total. The number of anilines is 1. The lowest BCUT2D eigenvalue weighted by Crippen LogP contribution is -2.20. The molecule has 0 spiro atoms. The van der Waals surface area contributed by atoms with Crippen molar-refractivity contribution < 1.29 is 19.0 Å². The molecule has 0 saturated heterocycles. The molecule has 0 saturated carbocycles. The van der Waals surface area contributed by atoms with Gasteiger partial charge in [-0.2, -0.15) is 0 Å². The molecule has 4 aromatic rings. The van der Waals surface area contributed by atoms with Gasteiger partial charge in [-0.25, -0.2) is 4.98 Å². The third-order valence-corrected chi connectivity index (χ3v) is 5.89. The predicted molar refractivity (Wildman–Crippen MR) is 117 cm³/mol. The lowest BCUT2D eigenvalue weighted by Gasteiger charge is -2.11. The monoisotopic (exact) mass is 438 g/mol. The van der Waals surface area contributed by atoms with Crippen LogP contribution in [0.15, 0.2) is 60.7 Å². The van der Waals surface area contributed by atoms with Gasteiger partial charge in [0.15, 0.2) is 18.1 Å². The van der Waals surface area contributed by atoms with E-state index < -0.39 is 0 Å². The second-order valence-corrected chi connectivity index (χ2v) is 7.94. The van der Waals surface area contributed by atoms with Crippen LogP contribution >= 0.6 is 22.9 Å². The highest BCUT2D eigenvalue weighted by molar-refractivity contribution is 7.21. The van der Waals surface area contributed by atoms with Gasteiger partial charge < -0.3 is 19.5 Å². The van der Waals surface area contributed by atoms with Crippen molar-refractivity contribution in [3.8, 4) is 27.8 Å². The third-order valence-electron chi connectivity index (χ3n) is 4.51. The molecule has 0 bridgehead atoms. The van der Waals surface area contributed by atoms with Crippen molar-refractivity contribution >= 4 is 44.7 Å². The van der Waals surface area contributed by atoms with Crippen LogP contribution in [0, 0.1) is 0 Å². The minimum Gasteiger partial charge on any atom is -0.483 e. The van der Waals surface area contributed by atoms with Gasteiger partial charge >= 0.3 is 0 Å². The van der Waals surface area contributed by atoms with Crippen molar-refractivity contribution in [2.45, 2.75) is 0 Å². The Morgan fingerprint density at radius 1 is 1.10 bits per heavy atom. The van der Waals surface area contributed by atoms with E-state index in [1.807, 2.05) is 48.5 Å². The van der Waals surface area contributed by atoms with Crippen LogP contribution in [0.4, 0.5) is 5.69 Å². The number of amides is 1. The molecule has 1 aliphatic rings. The highest BCUT2D eigenvalue weighted by Crippen LogP contribution is 2.39. The Kier molecular flexibility index (Phi) is 4.90. The number of thiazole rings is 1. The number of ether oxygens (including phenoxy) is 3. The summed E-state index contributed by atoms with van der Waals surface area (Å²) in [5.74, 6) is 1.34. The van der Waals surface area contributed by atoms with Gasteiger partial charge in [0.25, 0.3) is 5.91 Å². The van der Waals surface area contributed by atoms with E-state index in [0.717, 1.165) is 20.8 Å². The van der Waals surface area contributed by atoms with Gasteiger partial charge in [0, 0.05) is 12.1 Å². The number of benzene rings is 3. The van der Waals surface area contributed by atoms with Crippen LogP contribution in [0.3, 0.4) is 0 Å². The van der Waals surface area contributed by atoms with Gasteiger partial charge in [-0.3, -0.25) is 4.79 Å². The lowest BCUT2D eigenvalue weighted by molar-refractivity contribution is -0.118. The number of carbonyl (C=O) groups is 1. The first-order valence-electron chi connectivity index (χ1n) is 9.14. The third kappa shape index (κ3) is 3.65. The van der Waals surface area contributed by atoms with Crippen LogP contribution in [0.5, 0.6) is 17.2 Å². The molecule has 0 fully saturated rings. The Morgan fingerprint density at radius 2 is 1.87 bits per heavy atom. The molecule has 5 rings (SSSR count). The first-order chi connectivity index (χ1) is 14.7. The zero-order valence-corrected chi connectivity index (χ0v) is 17.1. The molecule has 6 nitrogen and oxygen atoms in total. The van der Waals surface area contributed by atoms with Crippen LogP contribution in [-0.4, -0.2) is 24.3 Å². The molecule has 0 radical (unpaired) electrons.